The fourth-order valence-electron chi connectivity index (χ4n) is 2.34. The van der Waals surface area contributed by atoms with Gasteiger partial charge in [-0.3, -0.25) is 9.59 Å². The quantitative estimate of drug-likeness (QED) is 0.904. The van der Waals surface area contributed by atoms with E-state index >= 15 is 0 Å². The predicted octanol–water partition coefficient (Wildman–Crippen LogP) is 1.42. The Morgan fingerprint density at radius 3 is 2.75 bits per heavy atom. The van der Waals surface area contributed by atoms with Gasteiger partial charge in [0.2, 0.25) is 17.7 Å². The lowest BCUT2D eigenvalue weighted by atomic mass is 9.95. The van der Waals surface area contributed by atoms with Crippen LogP contribution in [0.5, 0.6) is 0 Å². The molecular formula is C14H21N3O3. The molecule has 3 unspecified atom stereocenters. The van der Waals surface area contributed by atoms with Crippen LogP contribution in [0.2, 0.25) is 0 Å². The molecule has 0 saturated carbocycles. The summed E-state index contributed by atoms with van der Waals surface area (Å²) in [7, 11) is 0. The minimum atomic E-state index is -0.459. The summed E-state index contributed by atoms with van der Waals surface area (Å²) in [6.07, 6.45) is 2.45. The summed E-state index contributed by atoms with van der Waals surface area (Å²) < 4.78 is 5.47. The molecule has 0 spiro atoms. The number of aromatic nitrogens is 1. The molecule has 110 valence electrons. The normalized spacial score (nSPS) is 22.6. The largest absolute Gasteiger partial charge is 0.444 e. The van der Waals surface area contributed by atoms with Crippen molar-refractivity contribution in [3.8, 4) is 0 Å². The number of carbonyl (C=O) groups is 2. The second kappa shape index (κ2) is 5.64. The van der Waals surface area contributed by atoms with E-state index in [-0.39, 0.29) is 30.3 Å². The van der Waals surface area contributed by atoms with Crippen molar-refractivity contribution in [1.29, 1.82) is 0 Å². The molecule has 2 heterocycles. The Balaban J connectivity index is 2.21. The van der Waals surface area contributed by atoms with Crippen molar-refractivity contribution in [2.75, 3.05) is 6.54 Å². The van der Waals surface area contributed by atoms with E-state index in [1.165, 1.54) is 0 Å². The van der Waals surface area contributed by atoms with Gasteiger partial charge in [0.1, 0.15) is 24.4 Å². The summed E-state index contributed by atoms with van der Waals surface area (Å²) in [6.45, 7) is 7.65. The van der Waals surface area contributed by atoms with E-state index in [1.54, 1.807) is 18.0 Å². The highest BCUT2D eigenvalue weighted by atomic mass is 16.4. The van der Waals surface area contributed by atoms with Gasteiger partial charge in [0.05, 0.1) is 6.20 Å². The Kier molecular flexibility index (Phi) is 4.11. The van der Waals surface area contributed by atoms with Gasteiger partial charge in [-0.05, 0) is 19.8 Å². The van der Waals surface area contributed by atoms with Gasteiger partial charge in [-0.25, -0.2) is 4.98 Å². The number of nitrogens with one attached hydrogen (secondary N) is 1. The van der Waals surface area contributed by atoms with E-state index in [1.807, 2.05) is 20.8 Å². The van der Waals surface area contributed by atoms with Gasteiger partial charge in [0.25, 0.3) is 0 Å². The fraction of sp³-hybridized carbons (Fsp3) is 0.643. The van der Waals surface area contributed by atoms with Crippen LogP contribution in [-0.2, 0) is 9.59 Å². The SMILES string of the molecule is CCC(C)C1NC(=O)CN(C(C)c2ncc(C)o2)C1=O. The maximum absolute atomic E-state index is 12.5. The minimum absolute atomic E-state index is 0.0500. The zero-order chi connectivity index (χ0) is 14.9. The average molecular weight is 279 g/mol. The predicted molar refractivity (Wildman–Crippen MR) is 72.8 cm³/mol. The molecule has 2 amide bonds. The van der Waals surface area contributed by atoms with Crippen molar-refractivity contribution in [3.63, 3.8) is 0 Å². The lowest BCUT2D eigenvalue weighted by molar-refractivity contribution is -0.148. The maximum Gasteiger partial charge on any atom is 0.246 e. The molecule has 6 heteroatoms. The monoisotopic (exact) mass is 279 g/mol. The van der Waals surface area contributed by atoms with Gasteiger partial charge in [-0.2, -0.15) is 0 Å². The fourth-order valence-corrected chi connectivity index (χ4v) is 2.34. The first-order valence-corrected chi connectivity index (χ1v) is 6.96. The third kappa shape index (κ3) is 2.69. The summed E-state index contributed by atoms with van der Waals surface area (Å²) in [6, 6.07) is -0.798. The third-order valence-corrected chi connectivity index (χ3v) is 3.86. The van der Waals surface area contributed by atoms with Crippen molar-refractivity contribution in [3.05, 3.63) is 17.8 Å². The number of carbonyl (C=O) groups excluding carboxylic acids is 2. The molecule has 20 heavy (non-hydrogen) atoms. The second-order valence-electron chi connectivity index (χ2n) is 5.38. The molecule has 0 bridgehead atoms. The summed E-state index contributed by atoms with van der Waals surface area (Å²) >= 11 is 0. The second-order valence-corrected chi connectivity index (χ2v) is 5.38. The van der Waals surface area contributed by atoms with Crippen LogP contribution in [0.15, 0.2) is 10.6 Å². The van der Waals surface area contributed by atoms with Gasteiger partial charge in [0.15, 0.2) is 0 Å². The van der Waals surface area contributed by atoms with Crippen molar-refractivity contribution in [2.24, 2.45) is 5.92 Å². The number of hydrogen-bond donors (Lipinski definition) is 1. The van der Waals surface area contributed by atoms with Gasteiger partial charge in [-0.15, -0.1) is 0 Å². The number of nitrogens with zero attached hydrogens (tertiary/aromatic N) is 2. The van der Waals surface area contributed by atoms with Gasteiger partial charge < -0.3 is 14.6 Å². The molecule has 1 aliphatic rings. The van der Waals surface area contributed by atoms with Crippen molar-refractivity contribution >= 4 is 11.8 Å². The molecule has 0 aliphatic carbocycles. The molecule has 6 nitrogen and oxygen atoms in total. The number of oxazole rings is 1. The summed E-state index contributed by atoms with van der Waals surface area (Å²) in [4.78, 5) is 30.1. The van der Waals surface area contributed by atoms with E-state index in [0.717, 1.165) is 6.42 Å². The number of aryl methyl sites for hydroxylation is 1. The van der Waals surface area contributed by atoms with Crippen LogP contribution in [0.1, 0.15) is 44.9 Å². The number of piperazine rings is 1. The van der Waals surface area contributed by atoms with Gasteiger partial charge >= 0.3 is 0 Å². The molecule has 3 atom stereocenters. The van der Waals surface area contributed by atoms with E-state index in [0.29, 0.717) is 11.7 Å². The molecule has 1 saturated heterocycles. The number of rotatable bonds is 4. The Morgan fingerprint density at radius 2 is 2.20 bits per heavy atom. The van der Waals surface area contributed by atoms with Gasteiger partial charge in [-0.1, -0.05) is 20.3 Å². The molecule has 0 radical (unpaired) electrons. The van der Waals surface area contributed by atoms with Crippen LogP contribution in [-0.4, -0.2) is 34.3 Å². The van der Waals surface area contributed by atoms with Crippen molar-refractivity contribution in [2.45, 2.75) is 46.2 Å². The first-order chi connectivity index (χ1) is 9.43. The van der Waals surface area contributed by atoms with Crippen molar-refractivity contribution in [1.82, 2.24) is 15.2 Å². The molecule has 1 aromatic rings. The van der Waals surface area contributed by atoms with Crippen LogP contribution in [0, 0.1) is 12.8 Å². The highest BCUT2D eigenvalue weighted by Crippen LogP contribution is 2.24. The van der Waals surface area contributed by atoms with E-state index in [4.69, 9.17) is 4.42 Å². The molecule has 1 aromatic heterocycles. The summed E-state index contributed by atoms with van der Waals surface area (Å²) in [5.74, 6) is 1.06. The Bertz CT molecular complexity index is 512. The highest BCUT2D eigenvalue weighted by Gasteiger charge is 2.38. The van der Waals surface area contributed by atoms with E-state index in [2.05, 4.69) is 10.3 Å². The van der Waals surface area contributed by atoms with Gasteiger partial charge in [0, 0.05) is 0 Å². The van der Waals surface area contributed by atoms with Crippen LogP contribution < -0.4 is 5.32 Å². The first kappa shape index (κ1) is 14.6. The Morgan fingerprint density at radius 1 is 1.50 bits per heavy atom. The Hall–Kier alpha value is -1.85. The first-order valence-electron chi connectivity index (χ1n) is 6.96. The lowest BCUT2D eigenvalue weighted by Crippen LogP contribution is -2.60. The zero-order valence-electron chi connectivity index (χ0n) is 12.3. The summed E-state index contributed by atoms with van der Waals surface area (Å²) in [5.41, 5.74) is 0. The van der Waals surface area contributed by atoms with Crippen LogP contribution >= 0.6 is 0 Å². The van der Waals surface area contributed by atoms with Crippen LogP contribution in [0.4, 0.5) is 0 Å². The van der Waals surface area contributed by atoms with E-state index in [9.17, 15) is 9.59 Å². The topological polar surface area (TPSA) is 75.4 Å². The van der Waals surface area contributed by atoms with Crippen LogP contribution in [0.25, 0.3) is 0 Å². The van der Waals surface area contributed by atoms with E-state index < -0.39 is 6.04 Å². The number of hydrogen-bond acceptors (Lipinski definition) is 4. The third-order valence-electron chi connectivity index (χ3n) is 3.86. The lowest BCUT2D eigenvalue weighted by Gasteiger charge is -2.37. The van der Waals surface area contributed by atoms with Crippen molar-refractivity contribution < 1.29 is 14.0 Å². The highest BCUT2D eigenvalue weighted by molar-refractivity contribution is 5.95. The average Bonchev–Trinajstić information content (AvgIpc) is 2.86. The maximum atomic E-state index is 12.5. The molecule has 0 aromatic carbocycles. The Labute approximate surface area is 118 Å². The smallest absolute Gasteiger partial charge is 0.246 e. The summed E-state index contributed by atoms with van der Waals surface area (Å²) in [5, 5.41) is 2.78. The standard InChI is InChI=1S/C14H21N3O3/c1-5-8(2)12-14(19)17(7-11(18)16-12)10(4)13-15-6-9(3)20-13/h6,8,10,12H,5,7H2,1-4H3,(H,16,18). The number of amides is 2. The molecule has 1 N–H and O–H groups in total. The molecule has 1 fully saturated rings. The zero-order valence-corrected chi connectivity index (χ0v) is 12.3. The molecule has 1 aliphatic heterocycles. The molecule has 2 rings (SSSR count). The van der Waals surface area contributed by atoms with Crippen LogP contribution in [0.3, 0.4) is 0 Å². The minimum Gasteiger partial charge on any atom is -0.444 e. The molecular weight excluding hydrogens is 258 g/mol.